The average molecular weight is 311 g/mol. The van der Waals surface area contributed by atoms with Gasteiger partial charge in [-0.25, -0.2) is 0 Å². The van der Waals surface area contributed by atoms with Crippen LogP contribution in [-0.4, -0.2) is 49.1 Å². The van der Waals surface area contributed by atoms with Crippen LogP contribution in [0.4, 0.5) is 0 Å². The predicted octanol–water partition coefficient (Wildman–Crippen LogP) is 2.19. The molecule has 1 fully saturated rings. The molecular formula is C18H21N3O2. The Morgan fingerprint density at radius 2 is 2.04 bits per heavy atom. The van der Waals surface area contributed by atoms with Crippen molar-refractivity contribution in [3.8, 4) is 16.9 Å². The zero-order valence-corrected chi connectivity index (χ0v) is 13.5. The van der Waals surface area contributed by atoms with Crippen LogP contribution in [0.25, 0.3) is 11.1 Å². The van der Waals surface area contributed by atoms with Gasteiger partial charge in [0.1, 0.15) is 5.75 Å². The Balaban J connectivity index is 1.82. The maximum Gasteiger partial charge on any atom is 0.255 e. The minimum absolute atomic E-state index is 0.0153. The predicted molar refractivity (Wildman–Crippen MR) is 89.6 cm³/mol. The number of likely N-dealkylation sites (N-methyl/N-ethyl adjacent to an activating group) is 1. The van der Waals surface area contributed by atoms with Gasteiger partial charge in [0.15, 0.2) is 0 Å². The van der Waals surface area contributed by atoms with Crippen molar-refractivity contribution in [2.24, 2.45) is 0 Å². The lowest BCUT2D eigenvalue weighted by molar-refractivity contribution is 0.0743. The van der Waals surface area contributed by atoms with Gasteiger partial charge in [-0.15, -0.1) is 0 Å². The molecule has 120 valence electrons. The van der Waals surface area contributed by atoms with Crippen LogP contribution < -0.4 is 10.1 Å². The zero-order valence-electron chi connectivity index (χ0n) is 13.5. The summed E-state index contributed by atoms with van der Waals surface area (Å²) in [5.74, 6) is 0.823. The Labute approximate surface area is 136 Å². The van der Waals surface area contributed by atoms with E-state index in [0.29, 0.717) is 5.56 Å². The molecule has 2 aromatic rings. The van der Waals surface area contributed by atoms with E-state index in [1.165, 1.54) is 0 Å². The van der Waals surface area contributed by atoms with E-state index in [2.05, 4.69) is 10.3 Å². The van der Waals surface area contributed by atoms with Crippen LogP contribution in [0.3, 0.4) is 0 Å². The summed E-state index contributed by atoms with van der Waals surface area (Å²) in [6.07, 6.45) is 4.40. The van der Waals surface area contributed by atoms with Gasteiger partial charge >= 0.3 is 0 Å². The number of methoxy groups -OCH3 is 1. The molecule has 23 heavy (non-hydrogen) atoms. The molecule has 1 atom stereocenters. The first-order valence-electron chi connectivity index (χ1n) is 7.76. The van der Waals surface area contributed by atoms with Crippen LogP contribution in [0, 0.1) is 0 Å². The molecular weight excluding hydrogens is 290 g/mol. The maximum atomic E-state index is 12.7. The highest BCUT2D eigenvalue weighted by molar-refractivity contribution is 5.95. The minimum atomic E-state index is 0.0153. The Morgan fingerprint density at radius 3 is 2.70 bits per heavy atom. The van der Waals surface area contributed by atoms with Gasteiger partial charge in [-0.3, -0.25) is 9.78 Å². The number of nitrogens with one attached hydrogen (secondary N) is 1. The van der Waals surface area contributed by atoms with Gasteiger partial charge in [-0.05, 0) is 36.7 Å². The van der Waals surface area contributed by atoms with Gasteiger partial charge < -0.3 is 15.0 Å². The molecule has 1 amide bonds. The molecule has 0 radical (unpaired) electrons. The van der Waals surface area contributed by atoms with Crippen LogP contribution in [-0.2, 0) is 0 Å². The Kier molecular flexibility index (Phi) is 4.57. The molecule has 0 saturated carbocycles. The Morgan fingerprint density at radius 1 is 1.26 bits per heavy atom. The summed E-state index contributed by atoms with van der Waals surface area (Å²) in [5, 5.41) is 3.29. The number of rotatable bonds is 4. The monoisotopic (exact) mass is 311 g/mol. The Bertz CT molecular complexity index is 679. The number of pyridine rings is 1. The fourth-order valence-electron chi connectivity index (χ4n) is 2.84. The summed E-state index contributed by atoms with van der Waals surface area (Å²) in [7, 11) is 3.50. The molecule has 1 unspecified atom stereocenters. The normalized spacial score (nSPS) is 17.0. The highest BCUT2D eigenvalue weighted by atomic mass is 16.5. The maximum absolute atomic E-state index is 12.7. The summed E-state index contributed by atoms with van der Waals surface area (Å²) in [6.45, 7) is 1.82. The Hall–Kier alpha value is -2.40. The van der Waals surface area contributed by atoms with Gasteiger partial charge in [0, 0.05) is 37.6 Å². The first-order valence-corrected chi connectivity index (χ1v) is 7.76. The second-order valence-electron chi connectivity index (χ2n) is 5.75. The highest BCUT2D eigenvalue weighted by Gasteiger charge is 2.24. The van der Waals surface area contributed by atoms with Crippen molar-refractivity contribution in [2.75, 3.05) is 27.2 Å². The molecule has 1 aromatic heterocycles. The van der Waals surface area contributed by atoms with Crippen LogP contribution in [0.1, 0.15) is 16.8 Å². The zero-order chi connectivity index (χ0) is 16.2. The molecule has 0 bridgehead atoms. The largest absolute Gasteiger partial charge is 0.497 e. The van der Waals surface area contributed by atoms with Crippen molar-refractivity contribution >= 4 is 5.91 Å². The van der Waals surface area contributed by atoms with Crippen molar-refractivity contribution in [1.82, 2.24) is 15.2 Å². The first-order chi connectivity index (χ1) is 11.2. The summed E-state index contributed by atoms with van der Waals surface area (Å²) in [5.41, 5.74) is 2.56. The van der Waals surface area contributed by atoms with E-state index in [9.17, 15) is 4.79 Å². The number of ether oxygens (including phenoxy) is 1. The second kappa shape index (κ2) is 6.79. The van der Waals surface area contributed by atoms with E-state index in [1.807, 2.05) is 42.3 Å². The molecule has 3 rings (SSSR count). The second-order valence-corrected chi connectivity index (χ2v) is 5.75. The fraction of sp³-hybridized carbons (Fsp3) is 0.333. The highest BCUT2D eigenvalue weighted by Crippen LogP contribution is 2.23. The number of carbonyl (C=O) groups is 1. The molecule has 1 aromatic carbocycles. The number of benzene rings is 1. The van der Waals surface area contributed by atoms with E-state index in [0.717, 1.165) is 36.4 Å². The van der Waals surface area contributed by atoms with Crippen molar-refractivity contribution in [2.45, 2.75) is 12.5 Å². The summed E-state index contributed by atoms with van der Waals surface area (Å²) < 4.78 is 5.17. The molecule has 5 nitrogen and oxygen atoms in total. The number of hydrogen-bond acceptors (Lipinski definition) is 4. The third-order valence-corrected chi connectivity index (χ3v) is 4.31. The molecule has 2 heterocycles. The van der Waals surface area contributed by atoms with Crippen molar-refractivity contribution in [1.29, 1.82) is 0 Å². The number of carbonyl (C=O) groups excluding carboxylic acids is 1. The topological polar surface area (TPSA) is 54.5 Å². The molecule has 1 aliphatic heterocycles. The molecule has 1 aliphatic rings. The van der Waals surface area contributed by atoms with Crippen LogP contribution >= 0.6 is 0 Å². The van der Waals surface area contributed by atoms with E-state index < -0.39 is 0 Å². The van der Waals surface area contributed by atoms with E-state index >= 15 is 0 Å². The molecule has 1 saturated heterocycles. The number of aromatic nitrogens is 1. The lowest BCUT2D eigenvalue weighted by Crippen LogP contribution is -2.38. The smallest absolute Gasteiger partial charge is 0.255 e. The van der Waals surface area contributed by atoms with Crippen molar-refractivity contribution in [3.63, 3.8) is 0 Å². The minimum Gasteiger partial charge on any atom is -0.497 e. The van der Waals surface area contributed by atoms with Crippen molar-refractivity contribution in [3.05, 3.63) is 48.3 Å². The van der Waals surface area contributed by atoms with Gasteiger partial charge in [0.05, 0.1) is 12.7 Å². The summed E-state index contributed by atoms with van der Waals surface area (Å²) in [6, 6.07) is 9.90. The molecule has 1 N–H and O–H groups in total. The van der Waals surface area contributed by atoms with Gasteiger partial charge in [0.2, 0.25) is 0 Å². The quantitative estimate of drug-likeness (QED) is 0.940. The third-order valence-electron chi connectivity index (χ3n) is 4.31. The lowest BCUT2D eigenvalue weighted by atomic mass is 10.1. The van der Waals surface area contributed by atoms with Crippen LogP contribution in [0.15, 0.2) is 42.7 Å². The third kappa shape index (κ3) is 3.35. The number of nitrogens with zero attached hydrogens (tertiary/aromatic N) is 2. The average Bonchev–Trinajstić information content (AvgIpc) is 3.15. The summed E-state index contributed by atoms with van der Waals surface area (Å²) in [4.78, 5) is 18.7. The van der Waals surface area contributed by atoms with Crippen LogP contribution in [0.2, 0.25) is 0 Å². The standard InChI is InChI=1S/C18H21N3O2/c1-21(16-7-8-19-12-16)18(22)15-9-14(10-20-11-15)13-3-5-17(23-2)6-4-13/h3-6,9-11,16,19H,7-8,12H2,1-2H3. The SMILES string of the molecule is COc1ccc(-c2cncc(C(=O)N(C)C3CCNC3)c2)cc1. The number of amides is 1. The number of hydrogen-bond donors (Lipinski definition) is 1. The molecule has 5 heteroatoms. The van der Waals surface area contributed by atoms with Crippen molar-refractivity contribution < 1.29 is 9.53 Å². The van der Waals surface area contributed by atoms with E-state index in [4.69, 9.17) is 4.74 Å². The lowest BCUT2D eigenvalue weighted by Gasteiger charge is -2.23. The fourth-order valence-corrected chi connectivity index (χ4v) is 2.84. The molecule has 0 aliphatic carbocycles. The first kappa shape index (κ1) is 15.5. The van der Waals surface area contributed by atoms with E-state index in [1.54, 1.807) is 19.5 Å². The van der Waals surface area contributed by atoms with Crippen LogP contribution in [0.5, 0.6) is 5.75 Å². The van der Waals surface area contributed by atoms with E-state index in [-0.39, 0.29) is 11.9 Å². The molecule has 0 spiro atoms. The summed E-state index contributed by atoms with van der Waals surface area (Å²) >= 11 is 0. The van der Waals surface area contributed by atoms with Gasteiger partial charge in [-0.1, -0.05) is 12.1 Å². The van der Waals surface area contributed by atoms with Gasteiger partial charge in [0.25, 0.3) is 5.91 Å². The van der Waals surface area contributed by atoms with Gasteiger partial charge in [-0.2, -0.15) is 0 Å².